The van der Waals surface area contributed by atoms with E-state index in [0.717, 1.165) is 28.4 Å². The number of thiocarbonyl (C=S) groups is 1. The van der Waals surface area contributed by atoms with Gasteiger partial charge in [-0.3, -0.25) is 10.1 Å². The van der Waals surface area contributed by atoms with Gasteiger partial charge in [-0.1, -0.05) is 49.5 Å². The first-order valence-corrected chi connectivity index (χ1v) is 8.65. The van der Waals surface area contributed by atoms with Gasteiger partial charge in [0, 0.05) is 6.54 Å². The van der Waals surface area contributed by atoms with Crippen molar-refractivity contribution in [3.63, 3.8) is 0 Å². The zero-order chi connectivity index (χ0) is 16.3. The number of benzene rings is 1. The third-order valence-electron chi connectivity index (χ3n) is 3.68. The van der Waals surface area contributed by atoms with Gasteiger partial charge in [0.15, 0.2) is 0 Å². The predicted molar refractivity (Wildman–Crippen MR) is 93.3 cm³/mol. The monoisotopic (exact) mass is 341 g/mol. The summed E-state index contributed by atoms with van der Waals surface area (Å²) in [5, 5.41) is 10.5. The normalized spacial score (nSPS) is 21.5. The van der Waals surface area contributed by atoms with Crippen molar-refractivity contribution in [2.45, 2.75) is 44.5 Å². The Bertz CT molecular complexity index is 589. The fraction of sp³-hybridized carbons (Fsp3) is 0.500. The molecule has 3 nitrogen and oxygen atoms in total. The minimum absolute atomic E-state index is 0.276. The number of rotatable bonds is 5. The number of thioether (sulfide) groups is 1. The Kier molecular flexibility index (Phi) is 5.45. The number of halogens is 1. The maximum absolute atomic E-state index is 13.8. The van der Waals surface area contributed by atoms with Crippen molar-refractivity contribution in [3.8, 4) is 0 Å². The zero-order valence-electron chi connectivity index (χ0n) is 13.1. The molecular formula is C16H22FN2OS2+. The molecule has 1 aromatic rings. The Morgan fingerprint density at radius 1 is 1.45 bits per heavy atom. The van der Waals surface area contributed by atoms with Gasteiger partial charge in [0.1, 0.15) is 14.9 Å². The molecule has 1 saturated heterocycles. The summed E-state index contributed by atoms with van der Waals surface area (Å²) in [6.07, 6.45) is 3.19. The predicted octanol–water partition coefficient (Wildman–Crippen LogP) is 3.88. The smallest absolute Gasteiger partial charge is 0.292 e. The molecule has 0 amide bonds. The summed E-state index contributed by atoms with van der Waals surface area (Å²) in [6.45, 7) is 6.99. The highest BCUT2D eigenvalue weighted by atomic mass is 32.2. The van der Waals surface area contributed by atoms with Crippen LogP contribution in [0, 0.1) is 5.82 Å². The molecule has 2 rings (SSSR count). The van der Waals surface area contributed by atoms with Gasteiger partial charge in [0.05, 0.1) is 5.56 Å². The van der Waals surface area contributed by atoms with Crippen molar-refractivity contribution in [1.82, 2.24) is 4.90 Å². The van der Waals surface area contributed by atoms with Crippen molar-refractivity contribution in [2.24, 2.45) is 0 Å². The minimum atomic E-state index is -0.354. The molecule has 1 N–H and O–H groups in total. The Labute approximate surface area is 140 Å². The van der Waals surface area contributed by atoms with Gasteiger partial charge >= 0.3 is 0 Å². The van der Waals surface area contributed by atoms with Crippen LogP contribution in [-0.4, -0.2) is 42.8 Å². The van der Waals surface area contributed by atoms with Crippen molar-refractivity contribution in [2.75, 3.05) is 6.54 Å². The molecule has 0 bridgehead atoms. The lowest BCUT2D eigenvalue weighted by molar-refractivity contribution is -0.808. The lowest BCUT2D eigenvalue weighted by Crippen LogP contribution is -2.49. The number of nitrogens with zero attached hydrogens (tertiary/aromatic N) is 2. The van der Waals surface area contributed by atoms with Gasteiger partial charge in [-0.05, 0) is 37.1 Å². The quantitative estimate of drug-likeness (QED) is 0.289. The van der Waals surface area contributed by atoms with E-state index in [9.17, 15) is 9.60 Å². The third-order valence-corrected chi connectivity index (χ3v) is 5.31. The highest BCUT2D eigenvalue weighted by Crippen LogP contribution is 2.41. The Hall–Kier alpha value is -1.14. The largest absolute Gasteiger partial charge is 0.295 e. The van der Waals surface area contributed by atoms with E-state index in [-0.39, 0.29) is 16.7 Å². The Balaban J connectivity index is 2.33. The average molecular weight is 341 g/mol. The molecule has 0 saturated carbocycles. The Morgan fingerprint density at radius 3 is 2.77 bits per heavy atom. The second-order valence-corrected chi connectivity index (χ2v) is 8.21. The first kappa shape index (κ1) is 17.2. The molecule has 1 unspecified atom stereocenters. The Morgan fingerprint density at radius 2 is 2.14 bits per heavy atom. The maximum atomic E-state index is 13.8. The third kappa shape index (κ3) is 3.60. The van der Waals surface area contributed by atoms with Crippen LogP contribution in [0.4, 0.5) is 4.39 Å². The molecule has 1 fully saturated rings. The van der Waals surface area contributed by atoms with E-state index >= 15 is 0 Å². The van der Waals surface area contributed by atoms with Crippen LogP contribution < -0.4 is 0 Å². The van der Waals surface area contributed by atoms with E-state index in [0.29, 0.717) is 5.56 Å². The highest BCUT2D eigenvalue weighted by Gasteiger charge is 2.52. The molecule has 22 heavy (non-hydrogen) atoms. The number of hydroxylamine groups is 1. The van der Waals surface area contributed by atoms with E-state index in [1.807, 2.05) is 18.7 Å². The van der Waals surface area contributed by atoms with Crippen molar-refractivity contribution >= 4 is 34.5 Å². The van der Waals surface area contributed by atoms with Crippen molar-refractivity contribution < 1.29 is 14.3 Å². The first-order valence-electron chi connectivity index (χ1n) is 7.43. The maximum Gasteiger partial charge on any atom is 0.292 e. The summed E-state index contributed by atoms with van der Waals surface area (Å²) in [6, 6.07) is 6.40. The van der Waals surface area contributed by atoms with Crippen LogP contribution in [0.5, 0.6) is 0 Å². The van der Waals surface area contributed by atoms with Crippen LogP contribution in [0.1, 0.15) is 39.2 Å². The summed E-state index contributed by atoms with van der Waals surface area (Å²) in [7, 11) is 0. The lowest BCUT2D eigenvalue weighted by Gasteiger charge is -2.25. The van der Waals surface area contributed by atoms with Crippen LogP contribution >= 0.6 is 24.0 Å². The molecule has 6 heteroatoms. The van der Waals surface area contributed by atoms with Gasteiger partial charge in [0.2, 0.25) is 6.21 Å². The lowest BCUT2D eigenvalue weighted by atomic mass is 10.1. The molecule has 0 aliphatic carbocycles. The molecule has 1 aliphatic heterocycles. The molecule has 1 aromatic carbocycles. The molecular weight excluding hydrogens is 319 g/mol. The van der Waals surface area contributed by atoms with Gasteiger partial charge < -0.3 is 0 Å². The van der Waals surface area contributed by atoms with Crippen LogP contribution in [-0.2, 0) is 0 Å². The number of unbranched alkanes of at least 4 members (excludes halogenated alkanes) is 1. The van der Waals surface area contributed by atoms with Crippen molar-refractivity contribution in [1.29, 1.82) is 0 Å². The fourth-order valence-corrected chi connectivity index (χ4v) is 4.54. The summed E-state index contributed by atoms with van der Waals surface area (Å²) < 4.78 is 15.4. The van der Waals surface area contributed by atoms with Crippen LogP contribution in [0.2, 0.25) is 0 Å². The molecule has 0 radical (unpaired) electrons. The summed E-state index contributed by atoms with van der Waals surface area (Å²) in [5.74, 6) is -0.354. The van der Waals surface area contributed by atoms with Gasteiger partial charge in [-0.25, -0.2) is 4.39 Å². The fourth-order valence-electron chi connectivity index (χ4n) is 2.61. The SMILES string of the molecule is CCCCN1C(=S)SC(C)(C)C1[N+](O)=Cc1ccccc1F. The van der Waals surface area contributed by atoms with Crippen LogP contribution in [0.25, 0.3) is 0 Å². The van der Waals surface area contributed by atoms with E-state index < -0.39 is 0 Å². The van der Waals surface area contributed by atoms with Crippen LogP contribution in [0.15, 0.2) is 24.3 Å². The second-order valence-electron chi connectivity index (χ2n) is 5.92. The molecule has 1 atom stereocenters. The van der Waals surface area contributed by atoms with E-state index in [1.165, 1.54) is 12.3 Å². The number of hydrogen-bond donors (Lipinski definition) is 1. The van der Waals surface area contributed by atoms with Gasteiger partial charge in [-0.15, -0.1) is 0 Å². The van der Waals surface area contributed by atoms with Crippen LogP contribution in [0.3, 0.4) is 0 Å². The average Bonchev–Trinajstić information content (AvgIpc) is 2.67. The minimum Gasteiger partial charge on any atom is -0.295 e. The standard InChI is InChI=1S/C16H22FN2OS2/c1-4-5-10-18-14(16(2,3)22-15(18)21)19(20)11-12-8-6-7-9-13(12)17/h6-9,11,14,20H,4-5,10H2,1-3H3/q+1. The summed E-state index contributed by atoms with van der Waals surface area (Å²) in [4.78, 5) is 2.03. The topological polar surface area (TPSA) is 26.5 Å². The molecule has 1 heterocycles. The first-order chi connectivity index (χ1) is 10.4. The van der Waals surface area contributed by atoms with Gasteiger partial charge in [-0.2, -0.15) is 0 Å². The van der Waals surface area contributed by atoms with Gasteiger partial charge in [0.25, 0.3) is 6.17 Å². The van der Waals surface area contributed by atoms with E-state index in [2.05, 4.69) is 6.92 Å². The molecule has 0 spiro atoms. The van der Waals surface area contributed by atoms with E-state index in [4.69, 9.17) is 12.2 Å². The zero-order valence-corrected chi connectivity index (χ0v) is 14.8. The van der Waals surface area contributed by atoms with Crippen molar-refractivity contribution in [3.05, 3.63) is 35.6 Å². The number of hydrogen-bond acceptors (Lipinski definition) is 3. The highest BCUT2D eigenvalue weighted by molar-refractivity contribution is 8.24. The molecule has 1 aliphatic rings. The summed E-state index contributed by atoms with van der Waals surface area (Å²) in [5.41, 5.74) is 0.360. The second kappa shape index (κ2) is 6.96. The summed E-state index contributed by atoms with van der Waals surface area (Å²) >= 11 is 7.03. The molecule has 120 valence electrons. The van der Waals surface area contributed by atoms with E-state index in [1.54, 1.807) is 30.0 Å². The molecule has 0 aromatic heterocycles.